The van der Waals surface area contributed by atoms with Crippen LogP contribution in [0.2, 0.25) is 0 Å². The van der Waals surface area contributed by atoms with Crippen molar-refractivity contribution in [2.45, 2.75) is 6.42 Å². The van der Waals surface area contributed by atoms with E-state index in [0.717, 1.165) is 11.3 Å². The van der Waals surface area contributed by atoms with E-state index in [2.05, 4.69) is 4.98 Å². The van der Waals surface area contributed by atoms with Crippen molar-refractivity contribution < 1.29 is 9.15 Å². The van der Waals surface area contributed by atoms with Gasteiger partial charge in [-0.2, -0.15) is 4.98 Å². The molecule has 2 aromatic rings. The van der Waals surface area contributed by atoms with Crippen LogP contribution in [-0.2, 0) is 6.42 Å². The van der Waals surface area contributed by atoms with Crippen LogP contribution in [0.4, 0.5) is 11.5 Å². The number of hydrogen-bond donors (Lipinski definition) is 2. The number of nitrogens with zero attached hydrogens (tertiary/aromatic N) is 3. The van der Waals surface area contributed by atoms with Gasteiger partial charge in [0, 0.05) is 23.3 Å². The molecule has 7 nitrogen and oxygen atoms in total. The molecule has 0 bridgehead atoms. The highest BCUT2D eigenvalue weighted by Gasteiger charge is 2.09. The molecule has 0 amide bonds. The van der Waals surface area contributed by atoms with Gasteiger partial charge >= 0.3 is 0 Å². The average Bonchev–Trinajstić information content (AvgIpc) is 2.90. The summed E-state index contributed by atoms with van der Waals surface area (Å²) >= 11 is 0. The molecule has 0 unspecified atom stereocenters. The van der Waals surface area contributed by atoms with Gasteiger partial charge in [-0.05, 0) is 17.7 Å². The van der Waals surface area contributed by atoms with E-state index in [1.807, 2.05) is 12.1 Å². The molecule has 2 heterocycles. The van der Waals surface area contributed by atoms with Crippen LogP contribution in [0.5, 0.6) is 5.88 Å². The number of nitrogens with two attached hydrogens (primary N) is 2. The van der Waals surface area contributed by atoms with Crippen LogP contribution >= 0.6 is 0 Å². The topological polar surface area (TPSA) is 135 Å². The Morgan fingerprint density at radius 1 is 1.39 bits per heavy atom. The van der Waals surface area contributed by atoms with Gasteiger partial charge in [0.2, 0.25) is 5.88 Å². The first-order valence-corrected chi connectivity index (χ1v) is 5.02. The van der Waals surface area contributed by atoms with E-state index in [4.69, 9.17) is 31.4 Å². The Morgan fingerprint density at radius 3 is 2.67 bits per heavy atom. The lowest BCUT2D eigenvalue weighted by atomic mass is 10.1. The molecular formula is C11H13N5O2. The maximum atomic E-state index is 6.00. The van der Waals surface area contributed by atoms with Gasteiger partial charge in [-0.1, -0.05) is 0 Å². The fourth-order valence-electron chi connectivity index (χ4n) is 1.45. The lowest BCUT2D eigenvalue weighted by Gasteiger charge is -2.08. The molecule has 7 heteroatoms. The Labute approximate surface area is 104 Å². The minimum Gasteiger partial charge on any atom is -0.481 e. The van der Waals surface area contributed by atoms with Crippen molar-refractivity contribution in [1.29, 1.82) is 10.8 Å². The van der Waals surface area contributed by atoms with Crippen LogP contribution in [0.3, 0.4) is 0 Å². The summed E-state index contributed by atoms with van der Waals surface area (Å²) in [5.41, 5.74) is 12.8. The zero-order valence-electron chi connectivity index (χ0n) is 9.83. The van der Waals surface area contributed by atoms with Crippen molar-refractivity contribution >= 4 is 11.5 Å². The second kappa shape index (κ2) is 6.10. The molecule has 4 N–H and O–H groups in total. The molecular weight excluding hydrogens is 234 g/mol. The summed E-state index contributed by atoms with van der Waals surface area (Å²) in [6.07, 6.45) is 2.19. The fraction of sp³-hybridized carbons (Fsp3) is 0.182. The molecule has 94 valence electrons. The van der Waals surface area contributed by atoms with Crippen LogP contribution in [0.15, 0.2) is 28.9 Å². The predicted octanol–water partition coefficient (Wildman–Crippen LogP) is 1.47. The Morgan fingerprint density at radius 2 is 2.11 bits per heavy atom. The highest BCUT2D eigenvalue weighted by molar-refractivity contribution is 5.65. The summed E-state index contributed by atoms with van der Waals surface area (Å²) in [6, 6.07) is 5.46. The molecule has 0 aromatic carbocycles. The number of ether oxygens (including phenoxy) is 1. The lowest BCUT2D eigenvalue weighted by molar-refractivity contribution is 0.398. The van der Waals surface area contributed by atoms with Crippen molar-refractivity contribution in [3.8, 4) is 5.88 Å². The molecule has 0 aliphatic rings. The maximum Gasteiger partial charge on any atom is 0.215 e. The number of aromatic nitrogens is 1. The van der Waals surface area contributed by atoms with E-state index < -0.39 is 0 Å². The monoisotopic (exact) mass is 247 g/mol. The lowest BCUT2D eigenvalue weighted by Crippen LogP contribution is -2.04. The van der Waals surface area contributed by atoms with Crippen molar-refractivity contribution in [3.05, 3.63) is 35.8 Å². The molecule has 18 heavy (non-hydrogen) atoms. The largest absolute Gasteiger partial charge is 0.481 e. The number of anilines is 2. The summed E-state index contributed by atoms with van der Waals surface area (Å²) in [7, 11) is 1.54. The zero-order chi connectivity index (χ0) is 13.5. The fourth-order valence-corrected chi connectivity index (χ4v) is 1.45. The molecule has 2 rings (SSSR count). The summed E-state index contributed by atoms with van der Waals surface area (Å²) in [5, 5.41) is 12.0. The van der Waals surface area contributed by atoms with E-state index in [-0.39, 0.29) is 5.82 Å². The normalized spacial score (nSPS) is 9.28. The Bertz CT molecular complexity index is 522. The molecule has 0 saturated carbocycles. The van der Waals surface area contributed by atoms with Crippen LogP contribution < -0.4 is 16.2 Å². The van der Waals surface area contributed by atoms with Crippen molar-refractivity contribution in [3.63, 3.8) is 0 Å². The van der Waals surface area contributed by atoms with Gasteiger partial charge < -0.3 is 20.6 Å². The third kappa shape index (κ3) is 2.89. The van der Waals surface area contributed by atoms with Crippen LogP contribution in [0.1, 0.15) is 11.3 Å². The molecule has 2 aromatic heterocycles. The first-order chi connectivity index (χ1) is 8.70. The van der Waals surface area contributed by atoms with E-state index in [1.165, 1.54) is 7.11 Å². The number of furan rings is 1. The standard InChI is InChI=1S/C11H13N3O2.N2/c1-15-9-6-7(10(12)11(13)14-9)5-8-3-2-4-16-8;1-2/h2-4,6H,5,12H2,1H3,(H2,13,14);. The SMILES string of the molecule is COc1cc(Cc2ccco2)c(N)c(N)n1.N#N. The van der Waals surface area contributed by atoms with Crippen LogP contribution in [0, 0.1) is 10.8 Å². The van der Waals surface area contributed by atoms with Gasteiger partial charge in [0.15, 0.2) is 5.82 Å². The summed E-state index contributed by atoms with van der Waals surface area (Å²) < 4.78 is 10.3. The average molecular weight is 247 g/mol. The summed E-state index contributed by atoms with van der Waals surface area (Å²) in [6.45, 7) is 0. The van der Waals surface area contributed by atoms with Crippen molar-refractivity contribution in [1.82, 2.24) is 4.98 Å². The summed E-state index contributed by atoms with van der Waals surface area (Å²) in [5.74, 6) is 1.55. The van der Waals surface area contributed by atoms with Gasteiger partial charge in [0.05, 0.1) is 19.1 Å². The minimum atomic E-state index is 0.279. The molecule has 0 saturated heterocycles. The number of pyridine rings is 1. The van der Waals surface area contributed by atoms with E-state index in [9.17, 15) is 0 Å². The van der Waals surface area contributed by atoms with E-state index >= 15 is 0 Å². The second-order valence-corrected chi connectivity index (χ2v) is 3.38. The van der Waals surface area contributed by atoms with E-state index in [1.54, 1.807) is 12.3 Å². The maximum absolute atomic E-state index is 6.00. The Kier molecular flexibility index (Phi) is 4.51. The first-order valence-electron chi connectivity index (χ1n) is 5.02. The predicted molar refractivity (Wildman–Crippen MR) is 64.6 cm³/mol. The quantitative estimate of drug-likeness (QED) is 0.783. The third-order valence-electron chi connectivity index (χ3n) is 2.30. The molecule has 0 aliphatic carbocycles. The zero-order valence-corrected chi connectivity index (χ0v) is 9.83. The highest BCUT2D eigenvalue weighted by atomic mass is 16.5. The van der Waals surface area contributed by atoms with E-state index in [0.29, 0.717) is 18.0 Å². The Hall–Kier alpha value is -2.75. The smallest absolute Gasteiger partial charge is 0.215 e. The molecule has 0 spiro atoms. The number of nitrogen functional groups attached to an aromatic ring is 2. The van der Waals surface area contributed by atoms with Gasteiger partial charge in [-0.3, -0.25) is 0 Å². The number of hydrogen-bond acceptors (Lipinski definition) is 7. The van der Waals surface area contributed by atoms with Crippen LogP contribution in [0.25, 0.3) is 0 Å². The third-order valence-corrected chi connectivity index (χ3v) is 2.30. The molecule has 0 fully saturated rings. The Balaban J connectivity index is 0.000000771. The van der Waals surface area contributed by atoms with Crippen molar-refractivity contribution in [2.75, 3.05) is 18.6 Å². The van der Waals surface area contributed by atoms with Crippen molar-refractivity contribution in [2.24, 2.45) is 0 Å². The van der Waals surface area contributed by atoms with Gasteiger partial charge in [0.25, 0.3) is 0 Å². The first kappa shape index (κ1) is 13.3. The number of rotatable bonds is 3. The second-order valence-electron chi connectivity index (χ2n) is 3.38. The summed E-state index contributed by atoms with van der Waals surface area (Å²) in [4.78, 5) is 3.98. The van der Waals surface area contributed by atoms with Crippen LogP contribution in [-0.4, -0.2) is 12.1 Å². The molecule has 0 radical (unpaired) electrons. The molecule has 0 aliphatic heterocycles. The molecule has 0 atom stereocenters. The van der Waals surface area contributed by atoms with Gasteiger partial charge in [0.1, 0.15) is 5.76 Å². The highest BCUT2D eigenvalue weighted by Crippen LogP contribution is 2.25. The number of methoxy groups -OCH3 is 1. The minimum absolute atomic E-state index is 0.279. The van der Waals surface area contributed by atoms with Gasteiger partial charge in [-0.25, -0.2) is 0 Å². The van der Waals surface area contributed by atoms with Gasteiger partial charge in [-0.15, -0.1) is 0 Å².